The van der Waals surface area contributed by atoms with Crippen molar-refractivity contribution < 1.29 is 4.79 Å². The lowest BCUT2D eigenvalue weighted by molar-refractivity contribution is 0.189. The van der Waals surface area contributed by atoms with E-state index in [4.69, 9.17) is 0 Å². The molecular weight excluding hydrogens is 290 g/mol. The number of piperidine rings is 1. The monoisotopic (exact) mass is 317 g/mol. The van der Waals surface area contributed by atoms with Gasteiger partial charge in [0, 0.05) is 38.4 Å². The first-order valence-electron chi connectivity index (χ1n) is 8.72. The third-order valence-corrected chi connectivity index (χ3v) is 4.93. The van der Waals surface area contributed by atoms with Gasteiger partial charge in [-0.3, -0.25) is 5.43 Å². The van der Waals surface area contributed by atoms with Crippen LogP contribution in [0.3, 0.4) is 0 Å². The van der Waals surface area contributed by atoms with Crippen molar-refractivity contribution >= 4 is 11.8 Å². The van der Waals surface area contributed by atoms with Gasteiger partial charge < -0.3 is 10.2 Å². The minimum atomic E-state index is -0.0574. The molecular formula is C17H27N5O. The number of pyridine rings is 1. The fourth-order valence-electron chi connectivity index (χ4n) is 3.42. The molecule has 2 fully saturated rings. The highest BCUT2D eigenvalue weighted by Crippen LogP contribution is 2.18. The topological polar surface area (TPSA) is 60.5 Å². The van der Waals surface area contributed by atoms with E-state index in [2.05, 4.69) is 27.6 Å². The second-order valence-electron chi connectivity index (χ2n) is 6.54. The zero-order valence-corrected chi connectivity index (χ0v) is 13.9. The highest BCUT2D eigenvalue weighted by atomic mass is 16.2. The van der Waals surface area contributed by atoms with Crippen LogP contribution in [0.5, 0.6) is 0 Å². The second-order valence-corrected chi connectivity index (χ2v) is 6.54. The highest BCUT2D eigenvalue weighted by Gasteiger charge is 2.24. The number of nitrogens with zero attached hydrogens (tertiary/aromatic N) is 3. The van der Waals surface area contributed by atoms with E-state index in [1.165, 1.54) is 12.8 Å². The van der Waals surface area contributed by atoms with Gasteiger partial charge >= 0.3 is 6.03 Å². The van der Waals surface area contributed by atoms with Crippen LogP contribution >= 0.6 is 0 Å². The summed E-state index contributed by atoms with van der Waals surface area (Å²) < 4.78 is 0. The van der Waals surface area contributed by atoms with Crippen molar-refractivity contribution in [3.8, 4) is 0 Å². The SMILES string of the molecule is CC[C@H]1CCN(NC(=O)NC2CCN(c3ccccn3)CC2)C1. The number of carbonyl (C=O) groups is 1. The zero-order valence-electron chi connectivity index (χ0n) is 13.9. The van der Waals surface area contributed by atoms with Crippen LogP contribution in [0.2, 0.25) is 0 Å². The Morgan fingerprint density at radius 1 is 1.26 bits per heavy atom. The van der Waals surface area contributed by atoms with Crippen LogP contribution in [0.1, 0.15) is 32.6 Å². The summed E-state index contributed by atoms with van der Waals surface area (Å²) in [5.74, 6) is 1.75. The van der Waals surface area contributed by atoms with E-state index in [0.29, 0.717) is 0 Å². The Morgan fingerprint density at radius 3 is 2.74 bits per heavy atom. The molecule has 0 aromatic carbocycles. The maximum Gasteiger partial charge on any atom is 0.329 e. The molecule has 2 saturated heterocycles. The maximum atomic E-state index is 12.1. The number of hydrazine groups is 1. The number of rotatable bonds is 4. The van der Waals surface area contributed by atoms with Gasteiger partial charge in [0.1, 0.15) is 5.82 Å². The maximum absolute atomic E-state index is 12.1. The quantitative estimate of drug-likeness (QED) is 0.892. The Bertz CT molecular complexity index is 501. The number of amides is 2. The average molecular weight is 317 g/mol. The van der Waals surface area contributed by atoms with Gasteiger partial charge in [-0.2, -0.15) is 0 Å². The van der Waals surface area contributed by atoms with Gasteiger partial charge in [-0.05, 0) is 37.3 Å². The van der Waals surface area contributed by atoms with Crippen molar-refractivity contribution in [3.05, 3.63) is 24.4 Å². The van der Waals surface area contributed by atoms with Crippen molar-refractivity contribution in [2.24, 2.45) is 5.92 Å². The number of hydrogen-bond acceptors (Lipinski definition) is 4. The van der Waals surface area contributed by atoms with Crippen LogP contribution in [0, 0.1) is 5.92 Å². The fraction of sp³-hybridized carbons (Fsp3) is 0.647. The summed E-state index contributed by atoms with van der Waals surface area (Å²) in [6, 6.07) is 6.18. The molecule has 2 N–H and O–H groups in total. The fourth-order valence-corrected chi connectivity index (χ4v) is 3.42. The van der Waals surface area contributed by atoms with E-state index in [1.807, 2.05) is 29.4 Å². The van der Waals surface area contributed by atoms with Crippen molar-refractivity contribution in [3.63, 3.8) is 0 Å². The molecule has 1 aromatic heterocycles. The van der Waals surface area contributed by atoms with E-state index < -0.39 is 0 Å². The Balaban J connectivity index is 1.39. The molecule has 3 heterocycles. The lowest BCUT2D eigenvalue weighted by Gasteiger charge is -2.33. The van der Waals surface area contributed by atoms with Crippen molar-refractivity contribution in [1.29, 1.82) is 0 Å². The Labute approximate surface area is 138 Å². The molecule has 1 aromatic rings. The second kappa shape index (κ2) is 7.64. The summed E-state index contributed by atoms with van der Waals surface area (Å²) in [5.41, 5.74) is 2.99. The van der Waals surface area contributed by atoms with Crippen molar-refractivity contribution in [2.75, 3.05) is 31.1 Å². The first-order chi connectivity index (χ1) is 11.2. The minimum absolute atomic E-state index is 0.0574. The summed E-state index contributed by atoms with van der Waals surface area (Å²) >= 11 is 0. The van der Waals surface area contributed by atoms with E-state index in [-0.39, 0.29) is 12.1 Å². The van der Waals surface area contributed by atoms with Gasteiger partial charge in [-0.25, -0.2) is 14.8 Å². The predicted octanol–water partition coefficient (Wildman–Crippen LogP) is 2.00. The van der Waals surface area contributed by atoms with Gasteiger partial charge in [0.25, 0.3) is 0 Å². The summed E-state index contributed by atoms with van der Waals surface area (Å²) in [6.45, 7) is 6.02. The van der Waals surface area contributed by atoms with Crippen LogP contribution in [0.25, 0.3) is 0 Å². The lowest BCUT2D eigenvalue weighted by Crippen LogP contribution is -2.52. The molecule has 6 nitrogen and oxygen atoms in total. The van der Waals surface area contributed by atoms with Gasteiger partial charge in [0.05, 0.1) is 0 Å². The number of urea groups is 1. The molecule has 0 unspecified atom stereocenters. The molecule has 23 heavy (non-hydrogen) atoms. The first-order valence-corrected chi connectivity index (χ1v) is 8.72. The Hall–Kier alpha value is -1.82. The summed E-state index contributed by atoms with van der Waals surface area (Å²) in [7, 11) is 0. The predicted molar refractivity (Wildman–Crippen MR) is 91.1 cm³/mol. The van der Waals surface area contributed by atoms with E-state index in [0.717, 1.165) is 50.8 Å². The molecule has 0 radical (unpaired) electrons. The third kappa shape index (κ3) is 4.34. The molecule has 126 valence electrons. The number of nitrogens with one attached hydrogen (secondary N) is 2. The standard InChI is InChI=1S/C17H27N5O/c1-2-14-6-12-22(13-14)20-17(23)19-15-7-10-21(11-8-15)16-5-3-4-9-18-16/h3-5,9,14-15H,2,6-8,10-13H2,1H3,(H2,19,20,23)/t14-/m0/s1. The van der Waals surface area contributed by atoms with Crippen LogP contribution in [-0.2, 0) is 0 Å². The van der Waals surface area contributed by atoms with Gasteiger partial charge in [-0.15, -0.1) is 0 Å². The third-order valence-electron chi connectivity index (χ3n) is 4.93. The van der Waals surface area contributed by atoms with Crippen molar-refractivity contribution in [1.82, 2.24) is 20.7 Å². The normalized spacial score (nSPS) is 23.0. The van der Waals surface area contributed by atoms with E-state index >= 15 is 0 Å². The zero-order chi connectivity index (χ0) is 16.1. The van der Waals surface area contributed by atoms with Gasteiger partial charge in [0.15, 0.2) is 0 Å². The van der Waals surface area contributed by atoms with Gasteiger partial charge in [-0.1, -0.05) is 19.4 Å². The molecule has 0 bridgehead atoms. The van der Waals surface area contributed by atoms with Crippen LogP contribution < -0.4 is 15.6 Å². The lowest BCUT2D eigenvalue weighted by atomic mass is 10.1. The molecule has 0 saturated carbocycles. The van der Waals surface area contributed by atoms with Crippen LogP contribution in [0.15, 0.2) is 24.4 Å². The summed E-state index contributed by atoms with van der Waals surface area (Å²) in [6.07, 6.45) is 6.11. The number of aromatic nitrogens is 1. The largest absolute Gasteiger partial charge is 0.356 e. The first kappa shape index (κ1) is 16.1. The molecule has 2 amide bonds. The van der Waals surface area contributed by atoms with Gasteiger partial charge in [0.2, 0.25) is 0 Å². The molecule has 3 rings (SSSR count). The number of hydrogen-bond donors (Lipinski definition) is 2. The summed E-state index contributed by atoms with van der Waals surface area (Å²) in [4.78, 5) is 18.8. The molecule has 1 atom stereocenters. The Morgan fingerprint density at radius 2 is 2.09 bits per heavy atom. The average Bonchev–Trinajstić information content (AvgIpc) is 3.04. The molecule has 2 aliphatic heterocycles. The van der Waals surface area contributed by atoms with Crippen LogP contribution in [-0.4, -0.2) is 48.2 Å². The van der Waals surface area contributed by atoms with Crippen LogP contribution in [0.4, 0.5) is 10.6 Å². The molecule has 0 spiro atoms. The van der Waals surface area contributed by atoms with E-state index in [9.17, 15) is 4.79 Å². The molecule has 2 aliphatic rings. The number of anilines is 1. The molecule has 0 aliphatic carbocycles. The number of carbonyl (C=O) groups excluding carboxylic acids is 1. The highest BCUT2D eigenvalue weighted by molar-refractivity contribution is 5.73. The van der Waals surface area contributed by atoms with Crippen molar-refractivity contribution in [2.45, 2.75) is 38.6 Å². The summed E-state index contributed by atoms with van der Waals surface area (Å²) in [5, 5.41) is 5.16. The minimum Gasteiger partial charge on any atom is -0.356 e. The van der Waals surface area contributed by atoms with E-state index in [1.54, 1.807) is 0 Å². The molecule has 6 heteroatoms. The smallest absolute Gasteiger partial charge is 0.329 e. The Kier molecular flexibility index (Phi) is 5.33.